The number of thioether (sulfide) groups is 1. The van der Waals surface area contributed by atoms with Crippen molar-refractivity contribution in [1.29, 1.82) is 0 Å². The minimum absolute atomic E-state index is 0.711. The molecular weight excluding hydrogens is 362 g/mol. The molecule has 0 amide bonds. The van der Waals surface area contributed by atoms with Crippen LogP contribution >= 0.6 is 23.4 Å². The van der Waals surface area contributed by atoms with Gasteiger partial charge < -0.3 is 9.88 Å². The predicted molar refractivity (Wildman–Crippen MR) is 113 cm³/mol. The molecule has 136 valence electrons. The van der Waals surface area contributed by atoms with Crippen LogP contribution in [0.25, 0.3) is 11.0 Å². The van der Waals surface area contributed by atoms with Crippen molar-refractivity contribution in [3.8, 4) is 0 Å². The summed E-state index contributed by atoms with van der Waals surface area (Å²) < 4.78 is 2.24. The first kappa shape index (κ1) is 19.0. The molecule has 0 aliphatic heterocycles. The molecule has 0 aliphatic rings. The number of fused-ring (bicyclic) bond motifs is 1. The van der Waals surface area contributed by atoms with Gasteiger partial charge in [0.2, 0.25) is 0 Å². The summed E-state index contributed by atoms with van der Waals surface area (Å²) in [5.41, 5.74) is 3.42. The number of aromatic nitrogens is 2. The van der Waals surface area contributed by atoms with Crippen LogP contribution < -0.4 is 5.32 Å². The summed E-state index contributed by atoms with van der Waals surface area (Å²) in [7, 11) is 0. The number of nitrogens with zero attached hydrogens (tertiary/aromatic N) is 2. The van der Waals surface area contributed by atoms with Gasteiger partial charge in [-0.1, -0.05) is 36.7 Å². The third-order valence-electron chi connectivity index (χ3n) is 4.11. The Kier molecular flexibility index (Phi) is 6.78. The molecule has 1 N–H and O–H groups in total. The van der Waals surface area contributed by atoms with Gasteiger partial charge in [-0.25, -0.2) is 4.98 Å². The van der Waals surface area contributed by atoms with Crippen LogP contribution in [0.1, 0.15) is 24.7 Å². The molecule has 1 heterocycles. The molecule has 2 aromatic carbocycles. The highest BCUT2D eigenvalue weighted by Gasteiger charge is 2.10. The topological polar surface area (TPSA) is 29.9 Å². The lowest BCUT2D eigenvalue weighted by molar-refractivity contribution is 0.632. The zero-order valence-corrected chi connectivity index (χ0v) is 16.6. The van der Waals surface area contributed by atoms with Gasteiger partial charge in [-0.15, -0.1) is 18.3 Å². The number of imidazole rings is 1. The van der Waals surface area contributed by atoms with E-state index < -0.39 is 0 Å². The number of benzene rings is 2. The first-order valence-corrected chi connectivity index (χ1v) is 10.3. The summed E-state index contributed by atoms with van der Waals surface area (Å²) in [5, 5.41) is 4.24. The molecule has 3 nitrogen and oxygen atoms in total. The minimum atomic E-state index is 0.711. The molecule has 0 fully saturated rings. The van der Waals surface area contributed by atoms with Gasteiger partial charge in [-0.3, -0.25) is 0 Å². The van der Waals surface area contributed by atoms with Crippen molar-refractivity contribution in [3.63, 3.8) is 0 Å². The average Bonchev–Trinajstić information content (AvgIpc) is 2.99. The van der Waals surface area contributed by atoms with Crippen LogP contribution in [0.3, 0.4) is 0 Å². The Labute approximate surface area is 164 Å². The summed E-state index contributed by atoms with van der Waals surface area (Å²) in [6, 6.07) is 14.4. The summed E-state index contributed by atoms with van der Waals surface area (Å²) in [6.07, 6.45) is 3.10. The Bertz CT molecular complexity index is 871. The van der Waals surface area contributed by atoms with Gasteiger partial charge in [0.05, 0.1) is 17.6 Å². The summed E-state index contributed by atoms with van der Waals surface area (Å²) in [4.78, 5) is 6.12. The summed E-state index contributed by atoms with van der Waals surface area (Å²) in [6.45, 7) is 8.37. The number of nitrogens with one attached hydrogen (secondary N) is 1. The fourth-order valence-corrected chi connectivity index (χ4v) is 3.78. The minimum Gasteiger partial charge on any atom is -0.323 e. The lowest BCUT2D eigenvalue weighted by Crippen LogP contribution is -2.16. The van der Waals surface area contributed by atoms with E-state index in [1.54, 1.807) is 0 Å². The molecule has 0 aliphatic carbocycles. The van der Waals surface area contributed by atoms with Crippen LogP contribution in [0.4, 0.5) is 0 Å². The molecule has 5 heteroatoms. The normalized spacial score (nSPS) is 11.2. The largest absolute Gasteiger partial charge is 0.323 e. The van der Waals surface area contributed by atoms with E-state index in [-0.39, 0.29) is 0 Å². The molecule has 0 saturated heterocycles. The van der Waals surface area contributed by atoms with E-state index in [9.17, 15) is 0 Å². The molecule has 26 heavy (non-hydrogen) atoms. The summed E-state index contributed by atoms with van der Waals surface area (Å²) >= 11 is 7.84. The van der Waals surface area contributed by atoms with Crippen molar-refractivity contribution in [2.45, 2.75) is 37.9 Å². The highest BCUT2D eigenvalue weighted by molar-refractivity contribution is 7.99. The Morgan fingerprint density at radius 2 is 2.00 bits per heavy atom. The van der Waals surface area contributed by atoms with Crippen molar-refractivity contribution < 1.29 is 0 Å². The first-order chi connectivity index (χ1) is 12.7. The zero-order valence-electron chi connectivity index (χ0n) is 15.0. The van der Waals surface area contributed by atoms with Crippen molar-refractivity contribution in [3.05, 3.63) is 71.5 Å². The second kappa shape index (κ2) is 9.26. The molecule has 0 radical (unpaired) electrons. The third-order valence-corrected chi connectivity index (χ3v) is 5.56. The van der Waals surface area contributed by atoms with E-state index >= 15 is 0 Å². The fraction of sp³-hybridized carbons (Fsp3) is 0.286. The van der Waals surface area contributed by atoms with Gasteiger partial charge in [0.15, 0.2) is 0 Å². The van der Waals surface area contributed by atoms with E-state index in [1.807, 2.05) is 42.1 Å². The Hall–Kier alpha value is -1.75. The molecule has 0 bridgehead atoms. The van der Waals surface area contributed by atoms with Gasteiger partial charge >= 0.3 is 0 Å². The maximum Gasteiger partial charge on any atom is 0.124 e. The van der Waals surface area contributed by atoms with Crippen molar-refractivity contribution in [2.75, 3.05) is 5.75 Å². The third kappa shape index (κ3) is 4.70. The second-order valence-corrected chi connectivity index (χ2v) is 7.76. The average molecular weight is 386 g/mol. The molecule has 0 atom stereocenters. The molecule has 0 spiro atoms. The Morgan fingerprint density at radius 1 is 1.19 bits per heavy atom. The number of halogens is 1. The van der Waals surface area contributed by atoms with E-state index in [2.05, 4.69) is 41.6 Å². The number of hydrogen-bond acceptors (Lipinski definition) is 3. The fourth-order valence-electron chi connectivity index (χ4n) is 2.85. The second-order valence-electron chi connectivity index (χ2n) is 6.16. The lowest BCUT2D eigenvalue weighted by Gasteiger charge is -2.09. The number of hydrogen-bond donors (Lipinski definition) is 1. The monoisotopic (exact) mass is 385 g/mol. The molecular formula is C21H24ClN3S. The van der Waals surface area contributed by atoms with E-state index in [4.69, 9.17) is 16.6 Å². The van der Waals surface area contributed by atoms with Crippen LogP contribution in [0, 0.1) is 0 Å². The van der Waals surface area contributed by atoms with Crippen molar-refractivity contribution in [2.24, 2.45) is 0 Å². The molecule has 0 unspecified atom stereocenters. The van der Waals surface area contributed by atoms with Gasteiger partial charge in [0.1, 0.15) is 5.82 Å². The smallest absolute Gasteiger partial charge is 0.124 e. The van der Waals surface area contributed by atoms with Gasteiger partial charge in [-0.05, 0) is 48.1 Å². The number of rotatable bonds is 9. The Balaban J connectivity index is 1.76. The van der Waals surface area contributed by atoms with E-state index in [1.165, 1.54) is 22.4 Å². The number of allylic oxidation sites excluding steroid dienone is 1. The molecule has 3 rings (SSSR count). The Morgan fingerprint density at radius 3 is 2.73 bits per heavy atom. The van der Waals surface area contributed by atoms with Crippen LogP contribution in [-0.2, 0) is 19.6 Å². The lowest BCUT2D eigenvalue weighted by atomic mass is 10.2. The van der Waals surface area contributed by atoms with Gasteiger partial charge in [-0.2, -0.15) is 0 Å². The summed E-state index contributed by atoms with van der Waals surface area (Å²) in [5.74, 6) is 2.17. The first-order valence-electron chi connectivity index (χ1n) is 8.89. The van der Waals surface area contributed by atoms with Gasteiger partial charge in [0, 0.05) is 23.0 Å². The molecule has 3 aromatic rings. The molecule has 1 aromatic heterocycles. The van der Waals surface area contributed by atoms with Gasteiger partial charge in [0.25, 0.3) is 0 Å². The SMILES string of the molecule is C=CCn1c(CNCc2ccc(Cl)cc2)nc2ccc(SCCC)cc21. The predicted octanol–water partition coefficient (Wildman–Crippen LogP) is 5.67. The zero-order chi connectivity index (χ0) is 18.4. The highest BCUT2D eigenvalue weighted by atomic mass is 35.5. The van der Waals surface area contributed by atoms with Crippen LogP contribution in [0.2, 0.25) is 5.02 Å². The van der Waals surface area contributed by atoms with Crippen molar-refractivity contribution >= 4 is 34.4 Å². The molecule has 0 saturated carbocycles. The van der Waals surface area contributed by atoms with Crippen LogP contribution in [0.15, 0.2) is 60.0 Å². The maximum atomic E-state index is 5.94. The van der Waals surface area contributed by atoms with Crippen LogP contribution in [0.5, 0.6) is 0 Å². The van der Waals surface area contributed by atoms with Crippen LogP contribution in [-0.4, -0.2) is 15.3 Å². The standard InChI is InChI=1S/C21H24ClN3S/c1-3-11-25-20-13-18(26-12-4-2)9-10-19(20)24-21(25)15-23-14-16-5-7-17(22)8-6-16/h3,5-10,13,23H,1,4,11-12,14-15H2,2H3. The van der Waals surface area contributed by atoms with E-state index in [0.29, 0.717) is 6.54 Å². The maximum absolute atomic E-state index is 5.94. The quantitative estimate of drug-likeness (QED) is 0.380. The highest BCUT2D eigenvalue weighted by Crippen LogP contribution is 2.25. The van der Waals surface area contributed by atoms with Crippen molar-refractivity contribution in [1.82, 2.24) is 14.9 Å². The van der Waals surface area contributed by atoms with E-state index in [0.717, 1.165) is 35.2 Å².